The minimum absolute atomic E-state index is 0.737. The average Bonchev–Trinajstić information content (AvgIpc) is 3.04. The second kappa shape index (κ2) is 9.18. The van der Waals surface area contributed by atoms with E-state index in [-0.39, 0.29) is 0 Å². The summed E-state index contributed by atoms with van der Waals surface area (Å²) in [6, 6.07) is 8.77. The van der Waals surface area contributed by atoms with E-state index in [4.69, 9.17) is 0 Å². The predicted octanol–water partition coefficient (Wildman–Crippen LogP) is 2.76. The Morgan fingerprint density at radius 3 is 2.70 bits per heavy atom. The van der Waals surface area contributed by atoms with Crippen molar-refractivity contribution >= 4 is 17.7 Å². The first-order valence-corrected chi connectivity index (χ1v) is 9.65. The predicted molar refractivity (Wildman–Crippen MR) is 101 cm³/mol. The van der Waals surface area contributed by atoms with Gasteiger partial charge >= 0.3 is 0 Å². The number of hydrogen-bond donors (Lipinski definition) is 1. The summed E-state index contributed by atoms with van der Waals surface area (Å²) in [6.07, 6.45) is 3.40. The van der Waals surface area contributed by atoms with Gasteiger partial charge in [0.25, 0.3) is 0 Å². The van der Waals surface area contributed by atoms with E-state index in [0.29, 0.717) is 0 Å². The molecule has 0 amide bonds. The number of nitrogens with zero attached hydrogens (tertiary/aromatic N) is 3. The third-order valence-electron chi connectivity index (χ3n) is 4.52. The molecule has 5 heteroatoms. The summed E-state index contributed by atoms with van der Waals surface area (Å²) in [5, 5.41) is 3.54. The Bertz CT molecular complexity index is 500. The number of hydrogen-bond acceptors (Lipinski definition) is 3. The lowest BCUT2D eigenvalue weighted by molar-refractivity contribution is 0.340. The molecule has 0 bridgehead atoms. The SMILES string of the molecule is CCN1CCC(CNC(=NC)N(C)Cc2ccc(SC)cc2)C1. The fraction of sp³-hybridized carbons (Fsp3) is 0.611. The first kappa shape index (κ1) is 18.1. The summed E-state index contributed by atoms with van der Waals surface area (Å²) >= 11 is 1.78. The van der Waals surface area contributed by atoms with E-state index in [2.05, 4.69) is 64.6 Å². The maximum absolute atomic E-state index is 4.43. The van der Waals surface area contributed by atoms with Crippen LogP contribution < -0.4 is 5.32 Å². The highest BCUT2D eigenvalue weighted by molar-refractivity contribution is 7.98. The van der Waals surface area contributed by atoms with Crippen LogP contribution in [0, 0.1) is 5.92 Å². The van der Waals surface area contributed by atoms with E-state index in [9.17, 15) is 0 Å². The van der Waals surface area contributed by atoms with Gasteiger partial charge in [0.2, 0.25) is 0 Å². The number of thioether (sulfide) groups is 1. The second-order valence-corrected chi connectivity index (χ2v) is 7.06. The Morgan fingerprint density at radius 1 is 1.39 bits per heavy atom. The number of aliphatic imine (C=N–C) groups is 1. The van der Waals surface area contributed by atoms with Crippen molar-refractivity contribution in [2.24, 2.45) is 10.9 Å². The van der Waals surface area contributed by atoms with Crippen LogP contribution in [0.25, 0.3) is 0 Å². The molecule has 0 saturated carbocycles. The van der Waals surface area contributed by atoms with E-state index in [1.807, 2.05) is 7.05 Å². The van der Waals surface area contributed by atoms with Gasteiger partial charge < -0.3 is 15.1 Å². The van der Waals surface area contributed by atoms with Gasteiger partial charge in [-0.1, -0.05) is 19.1 Å². The molecule has 128 valence electrons. The average molecular weight is 335 g/mol. The third kappa shape index (κ3) is 5.43. The molecular weight excluding hydrogens is 304 g/mol. The molecule has 1 fully saturated rings. The zero-order valence-electron chi connectivity index (χ0n) is 14.9. The monoisotopic (exact) mass is 334 g/mol. The summed E-state index contributed by atoms with van der Waals surface area (Å²) in [6.45, 7) is 7.74. The van der Waals surface area contributed by atoms with Crippen molar-refractivity contribution in [2.45, 2.75) is 24.8 Å². The zero-order valence-corrected chi connectivity index (χ0v) is 15.7. The molecule has 0 spiro atoms. The molecule has 0 aromatic heterocycles. The molecule has 23 heavy (non-hydrogen) atoms. The molecule has 1 aromatic rings. The van der Waals surface area contributed by atoms with Crippen LogP contribution in [0.2, 0.25) is 0 Å². The summed E-state index contributed by atoms with van der Waals surface area (Å²) in [4.78, 5) is 10.5. The Hall–Kier alpha value is -1.20. The third-order valence-corrected chi connectivity index (χ3v) is 5.26. The van der Waals surface area contributed by atoms with Crippen LogP contribution in [0.4, 0.5) is 0 Å². The van der Waals surface area contributed by atoms with E-state index < -0.39 is 0 Å². The van der Waals surface area contributed by atoms with Crippen molar-refractivity contribution < 1.29 is 0 Å². The van der Waals surface area contributed by atoms with Crippen LogP contribution in [0.3, 0.4) is 0 Å². The van der Waals surface area contributed by atoms with E-state index in [0.717, 1.165) is 31.5 Å². The molecule has 1 heterocycles. The molecule has 1 saturated heterocycles. The highest BCUT2D eigenvalue weighted by Gasteiger charge is 2.21. The first-order chi connectivity index (χ1) is 11.2. The van der Waals surface area contributed by atoms with Gasteiger partial charge in [0.15, 0.2) is 5.96 Å². The number of rotatable bonds is 6. The topological polar surface area (TPSA) is 30.9 Å². The van der Waals surface area contributed by atoms with Gasteiger partial charge in [-0.05, 0) is 49.4 Å². The molecule has 1 aliphatic rings. The molecule has 0 aliphatic carbocycles. The van der Waals surface area contributed by atoms with Crippen molar-refractivity contribution in [3.8, 4) is 0 Å². The number of benzene rings is 1. The molecule has 1 unspecified atom stereocenters. The quantitative estimate of drug-likeness (QED) is 0.492. The minimum Gasteiger partial charge on any atom is -0.356 e. The fourth-order valence-electron chi connectivity index (χ4n) is 3.07. The van der Waals surface area contributed by atoms with Crippen molar-refractivity contribution in [3.05, 3.63) is 29.8 Å². The van der Waals surface area contributed by atoms with Crippen molar-refractivity contribution in [1.29, 1.82) is 0 Å². The molecule has 1 atom stereocenters. The van der Waals surface area contributed by atoms with Gasteiger partial charge in [-0.3, -0.25) is 4.99 Å². The molecule has 0 radical (unpaired) electrons. The summed E-state index contributed by atoms with van der Waals surface area (Å²) < 4.78 is 0. The fourth-order valence-corrected chi connectivity index (χ4v) is 3.47. The van der Waals surface area contributed by atoms with Crippen LogP contribution in [-0.2, 0) is 6.54 Å². The van der Waals surface area contributed by atoms with Gasteiger partial charge in [-0.25, -0.2) is 0 Å². The maximum atomic E-state index is 4.43. The normalized spacial score (nSPS) is 19.1. The lowest BCUT2D eigenvalue weighted by Crippen LogP contribution is -2.41. The number of likely N-dealkylation sites (tertiary alicyclic amines) is 1. The molecule has 2 rings (SSSR count). The minimum atomic E-state index is 0.737. The van der Waals surface area contributed by atoms with Crippen LogP contribution in [0.5, 0.6) is 0 Å². The van der Waals surface area contributed by atoms with Gasteiger partial charge in [0.05, 0.1) is 0 Å². The maximum Gasteiger partial charge on any atom is 0.193 e. The molecule has 1 aromatic carbocycles. The van der Waals surface area contributed by atoms with Gasteiger partial charge in [-0.2, -0.15) is 0 Å². The molecule has 4 nitrogen and oxygen atoms in total. The summed E-state index contributed by atoms with van der Waals surface area (Å²) in [5.41, 5.74) is 1.31. The highest BCUT2D eigenvalue weighted by atomic mass is 32.2. The van der Waals surface area contributed by atoms with Crippen LogP contribution in [0.1, 0.15) is 18.9 Å². The summed E-state index contributed by atoms with van der Waals surface area (Å²) in [5.74, 6) is 1.72. The van der Waals surface area contributed by atoms with Gasteiger partial charge in [-0.15, -0.1) is 11.8 Å². The van der Waals surface area contributed by atoms with E-state index in [1.165, 1.54) is 30.0 Å². The Labute approximate surface area is 145 Å². The lowest BCUT2D eigenvalue weighted by atomic mass is 10.1. The van der Waals surface area contributed by atoms with Crippen LogP contribution in [-0.4, -0.2) is 62.3 Å². The Morgan fingerprint density at radius 2 is 2.13 bits per heavy atom. The van der Waals surface area contributed by atoms with Crippen molar-refractivity contribution in [1.82, 2.24) is 15.1 Å². The largest absolute Gasteiger partial charge is 0.356 e. The highest BCUT2D eigenvalue weighted by Crippen LogP contribution is 2.16. The van der Waals surface area contributed by atoms with E-state index in [1.54, 1.807) is 11.8 Å². The van der Waals surface area contributed by atoms with E-state index >= 15 is 0 Å². The first-order valence-electron chi connectivity index (χ1n) is 8.43. The second-order valence-electron chi connectivity index (χ2n) is 6.18. The van der Waals surface area contributed by atoms with Crippen LogP contribution in [0.15, 0.2) is 34.2 Å². The summed E-state index contributed by atoms with van der Waals surface area (Å²) in [7, 11) is 3.97. The molecular formula is C18H30N4S. The number of guanidine groups is 1. The van der Waals surface area contributed by atoms with Crippen molar-refractivity contribution in [2.75, 3.05) is 46.5 Å². The molecule has 1 aliphatic heterocycles. The van der Waals surface area contributed by atoms with Crippen molar-refractivity contribution in [3.63, 3.8) is 0 Å². The zero-order chi connectivity index (χ0) is 16.7. The number of nitrogens with one attached hydrogen (secondary N) is 1. The van der Waals surface area contributed by atoms with Crippen LogP contribution >= 0.6 is 11.8 Å². The Kier molecular flexibility index (Phi) is 7.24. The lowest BCUT2D eigenvalue weighted by Gasteiger charge is -2.23. The Balaban J connectivity index is 1.82. The smallest absolute Gasteiger partial charge is 0.193 e. The van der Waals surface area contributed by atoms with Gasteiger partial charge in [0.1, 0.15) is 0 Å². The standard InChI is InChI=1S/C18H30N4S/c1-5-22-11-10-16(14-22)12-20-18(19-2)21(3)13-15-6-8-17(23-4)9-7-15/h6-9,16H,5,10-14H2,1-4H3,(H,19,20). The molecule has 1 N–H and O–H groups in total. The van der Waals surface area contributed by atoms with Gasteiger partial charge in [0, 0.05) is 38.6 Å².